The van der Waals surface area contributed by atoms with E-state index in [9.17, 15) is 0 Å². The molecule has 0 radical (unpaired) electrons. The van der Waals surface area contributed by atoms with E-state index in [4.69, 9.17) is 5.41 Å². The zero-order valence-corrected chi connectivity index (χ0v) is 8.36. The van der Waals surface area contributed by atoms with Crippen LogP contribution in [0.3, 0.4) is 0 Å². The Hall–Kier alpha value is -0.280. The van der Waals surface area contributed by atoms with Crippen LogP contribution in [0.25, 0.3) is 0 Å². The predicted octanol–water partition coefficient (Wildman–Crippen LogP) is 2.33. The van der Waals surface area contributed by atoms with E-state index in [0.29, 0.717) is 5.04 Å². The van der Waals surface area contributed by atoms with Crippen LogP contribution >= 0.6 is 11.8 Å². The van der Waals surface area contributed by atoms with Gasteiger partial charge in [-0.05, 0) is 38.3 Å². The van der Waals surface area contributed by atoms with Crippen molar-refractivity contribution in [2.45, 2.75) is 19.8 Å². The summed E-state index contributed by atoms with van der Waals surface area (Å²) in [6.07, 6.45) is 4.85. The monoisotopic (exact) mass is 184 g/mol. The highest BCUT2D eigenvalue weighted by molar-refractivity contribution is 8.16. The van der Waals surface area contributed by atoms with Gasteiger partial charge in [0.2, 0.25) is 0 Å². The van der Waals surface area contributed by atoms with Gasteiger partial charge in [-0.1, -0.05) is 17.8 Å². The van der Waals surface area contributed by atoms with Gasteiger partial charge in [0.25, 0.3) is 0 Å². The van der Waals surface area contributed by atoms with Gasteiger partial charge in [-0.2, -0.15) is 0 Å². The van der Waals surface area contributed by atoms with Crippen molar-refractivity contribution in [1.29, 1.82) is 5.41 Å². The van der Waals surface area contributed by atoms with Gasteiger partial charge in [0.15, 0.2) is 0 Å². The third-order valence-electron chi connectivity index (χ3n) is 1.90. The third-order valence-corrected chi connectivity index (χ3v) is 2.59. The van der Waals surface area contributed by atoms with Gasteiger partial charge in [-0.3, -0.25) is 10.3 Å². The molecule has 1 aliphatic rings. The SMILES string of the molecule is CC(=N)S/C=C/CN1CCCC1. The van der Waals surface area contributed by atoms with Gasteiger partial charge >= 0.3 is 0 Å². The van der Waals surface area contributed by atoms with E-state index in [-0.39, 0.29) is 0 Å². The van der Waals surface area contributed by atoms with E-state index in [0.717, 1.165) is 6.54 Å². The maximum Gasteiger partial charge on any atom is 0.0652 e. The second-order valence-corrected chi connectivity index (χ2v) is 4.17. The summed E-state index contributed by atoms with van der Waals surface area (Å²) in [5.41, 5.74) is 0. The average Bonchev–Trinajstić information content (AvgIpc) is 2.49. The molecule has 1 rings (SSSR count). The Labute approximate surface area is 78.5 Å². The summed E-state index contributed by atoms with van der Waals surface area (Å²) >= 11 is 1.49. The molecular formula is C9H16N2S. The highest BCUT2D eigenvalue weighted by Gasteiger charge is 2.08. The molecule has 12 heavy (non-hydrogen) atoms. The first kappa shape index (κ1) is 9.81. The maximum atomic E-state index is 7.18. The minimum absolute atomic E-state index is 0.660. The number of thioether (sulfide) groups is 1. The fraction of sp³-hybridized carbons (Fsp3) is 0.667. The van der Waals surface area contributed by atoms with Crippen LogP contribution in [-0.2, 0) is 0 Å². The van der Waals surface area contributed by atoms with Crippen molar-refractivity contribution >= 4 is 16.8 Å². The van der Waals surface area contributed by atoms with Crippen molar-refractivity contribution in [3.8, 4) is 0 Å². The fourth-order valence-electron chi connectivity index (χ4n) is 1.31. The molecule has 0 aromatic carbocycles. The van der Waals surface area contributed by atoms with Crippen molar-refractivity contribution in [1.82, 2.24) is 4.90 Å². The molecule has 0 spiro atoms. The molecular weight excluding hydrogens is 168 g/mol. The van der Waals surface area contributed by atoms with Crippen LogP contribution in [0.1, 0.15) is 19.8 Å². The van der Waals surface area contributed by atoms with Crippen LogP contribution < -0.4 is 0 Å². The Bertz CT molecular complexity index is 171. The van der Waals surface area contributed by atoms with Gasteiger partial charge < -0.3 is 0 Å². The molecule has 0 aromatic rings. The van der Waals surface area contributed by atoms with Gasteiger partial charge in [0.05, 0.1) is 5.04 Å². The molecule has 2 nitrogen and oxygen atoms in total. The molecule has 0 amide bonds. The highest BCUT2D eigenvalue weighted by Crippen LogP contribution is 2.08. The second kappa shape index (κ2) is 5.38. The van der Waals surface area contributed by atoms with Gasteiger partial charge in [0, 0.05) is 6.54 Å². The highest BCUT2D eigenvalue weighted by atomic mass is 32.2. The standard InChI is InChI=1S/C9H16N2S/c1-9(10)12-8-4-7-11-5-2-3-6-11/h4,8,10H,2-3,5-7H2,1H3/b8-4+,10-9?. The first-order chi connectivity index (χ1) is 5.79. The number of nitrogens with zero attached hydrogens (tertiary/aromatic N) is 1. The van der Waals surface area contributed by atoms with Crippen LogP contribution in [-0.4, -0.2) is 29.6 Å². The van der Waals surface area contributed by atoms with Crippen LogP contribution in [0.2, 0.25) is 0 Å². The lowest BCUT2D eigenvalue weighted by molar-refractivity contribution is 0.377. The molecule has 68 valence electrons. The largest absolute Gasteiger partial charge is 0.300 e. The summed E-state index contributed by atoms with van der Waals surface area (Å²) in [4.78, 5) is 2.44. The van der Waals surface area contributed by atoms with E-state index in [1.807, 2.05) is 12.3 Å². The Morgan fingerprint density at radius 1 is 1.50 bits per heavy atom. The molecule has 1 fully saturated rings. The molecule has 1 heterocycles. The number of nitrogens with one attached hydrogen (secondary N) is 1. The average molecular weight is 184 g/mol. The van der Waals surface area contributed by atoms with E-state index >= 15 is 0 Å². The molecule has 1 aliphatic heterocycles. The van der Waals surface area contributed by atoms with E-state index in [1.54, 1.807) is 0 Å². The second-order valence-electron chi connectivity index (χ2n) is 3.05. The minimum Gasteiger partial charge on any atom is -0.300 e. The quantitative estimate of drug-likeness (QED) is 0.538. The predicted molar refractivity (Wildman–Crippen MR) is 55.8 cm³/mol. The number of hydrogen-bond donors (Lipinski definition) is 1. The summed E-state index contributed by atoms with van der Waals surface area (Å²) in [5.74, 6) is 0. The lowest BCUT2D eigenvalue weighted by Gasteiger charge is -2.09. The molecule has 0 aliphatic carbocycles. The third kappa shape index (κ3) is 3.93. The first-order valence-electron chi connectivity index (χ1n) is 4.38. The molecule has 3 heteroatoms. The molecule has 0 bridgehead atoms. The zero-order valence-electron chi connectivity index (χ0n) is 7.55. The van der Waals surface area contributed by atoms with Crippen molar-refractivity contribution in [3.63, 3.8) is 0 Å². The normalized spacial score (nSPS) is 19.1. The Kier molecular flexibility index (Phi) is 4.40. The van der Waals surface area contributed by atoms with Crippen molar-refractivity contribution in [2.24, 2.45) is 0 Å². The summed E-state index contributed by atoms with van der Waals surface area (Å²) in [6, 6.07) is 0. The zero-order chi connectivity index (χ0) is 8.81. The Morgan fingerprint density at radius 2 is 2.17 bits per heavy atom. The molecule has 0 atom stereocenters. The first-order valence-corrected chi connectivity index (χ1v) is 5.26. The number of hydrogen-bond acceptors (Lipinski definition) is 3. The summed E-state index contributed by atoms with van der Waals surface area (Å²) < 4.78 is 0. The minimum atomic E-state index is 0.660. The van der Waals surface area contributed by atoms with E-state index in [2.05, 4.69) is 11.0 Å². The molecule has 1 N–H and O–H groups in total. The van der Waals surface area contributed by atoms with Crippen LogP contribution in [0.15, 0.2) is 11.5 Å². The Morgan fingerprint density at radius 3 is 2.75 bits per heavy atom. The van der Waals surface area contributed by atoms with Gasteiger partial charge in [0.1, 0.15) is 0 Å². The smallest absolute Gasteiger partial charge is 0.0652 e. The summed E-state index contributed by atoms with van der Waals surface area (Å²) in [6.45, 7) is 5.36. The topological polar surface area (TPSA) is 27.1 Å². The van der Waals surface area contributed by atoms with Crippen molar-refractivity contribution in [2.75, 3.05) is 19.6 Å². The summed E-state index contributed by atoms with van der Waals surface area (Å²) in [5, 5.41) is 9.85. The van der Waals surface area contributed by atoms with Crippen LogP contribution in [0.5, 0.6) is 0 Å². The molecule has 0 aromatic heterocycles. The van der Waals surface area contributed by atoms with Gasteiger partial charge in [-0.15, -0.1) is 0 Å². The molecule has 0 saturated carbocycles. The molecule has 0 unspecified atom stereocenters. The lowest BCUT2D eigenvalue weighted by Crippen LogP contribution is -2.18. The summed E-state index contributed by atoms with van der Waals surface area (Å²) in [7, 11) is 0. The lowest BCUT2D eigenvalue weighted by atomic mass is 10.4. The maximum absolute atomic E-state index is 7.18. The van der Waals surface area contributed by atoms with Gasteiger partial charge in [-0.25, -0.2) is 0 Å². The number of rotatable bonds is 3. The number of likely N-dealkylation sites (tertiary alicyclic amines) is 1. The van der Waals surface area contributed by atoms with Crippen molar-refractivity contribution < 1.29 is 0 Å². The Balaban J connectivity index is 2.07. The fourth-order valence-corrected chi connectivity index (χ4v) is 1.69. The molecule has 1 saturated heterocycles. The van der Waals surface area contributed by atoms with E-state index in [1.165, 1.54) is 37.7 Å². The van der Waals surface area contributed by atoms with Crippen LogP contribution in [0.4, 0.5) is 0 Å². The van der Waals surface area contributed by atoms with Crippen molar-refractivity contribution in [3.05, 3.63) is 11.5 Å². The van der Waals surface area contributed by atoms with Crippen LogP contribution in [0, 0.1) is 5.41 Å². The van der Waals surface area contributed by atoms with E-state index < -0.39 is 0 Å².